The number of nitrogens with one attached hydrogen (secondary N) is 1. The first-order valence-electron chi connectivity index (χ1n) is 5.73. The van der Waals surface area contributed by atoms with Crippen molar-refractivity contribution in [3.63, 3.8) is 0 Å². The molecule has 6 heteroatoms. The average molecular weight is 246 g/mol. The van der Waals surface area contributed by atoms with Crippen LogP contribution >= 0.6 is 0 Å². The number of methoxy groups -OCH3 is 1. The molecular formula is C11H22N2O4. The summed E-state index contributed by atoms with van der Waals surface area (Å²) in [6.45, 7) is 5.24. The van der Waals surface area contributed by atoms with E-state index in [-0.39, 0.29) is 12.5 Å². The Balaban J connectivity index is 4.37. The van der Waals surface area contributed by atoms with Gasteiger partial charge >= 0.3 is 5.97 Å². The van der Waals surface area contributed by atoms with Crippen LogP contribution < -0.4 is 5.32 Å². The number of likely N-dealkylation sites (N-methyl/N-ethyl adjacent to an activating group) is 1. The molecule has 0 rings (SSSR count). The van der Waals surface area contributed by atoms with Gasteiger partial charge in [-0.15, -0.1) is 0 Å². The average Bonchev–Trinajstić information content (AvgIpc) is 2.31. The van der Waals surface area contributed by atoms with Crippen LogP contribution in [0.2, 0.25) is 0 Å². The van der Waals surface area contributed by atoms with E-state index in [1.54, 1.807) is 0 Å². The smallest absolute Gasteiger partial charge is 0.329 e. The Hall–Kier alpha value is -1.14. The maximum Gasteiger partial charge on any atom is 0.329 e. The molecule has 0 aromatic carbocycles. The summed E-state index contributed by atoms with van der Waals surface area (Å²) in [6.07, 6.45) is 0.641. The van der Waals surface area contributed by atoms with Crippen LogP contribution in [-0.4, -0.2) is 61.3 Å². The summed E-state index contributed by atoms with van der Waals surface area (Å²) in [5.74, 6) is -0.721. The van der Waals surface area contributed by atoms with E-state index in [0.717, 1.165) is 6.54 Å². The second-order valence-corrected chi connectivity index (χ2v) is 3.75. The third-order valence-corrected chi connectivity index (χ3v) is 2.38. The van der Waals surface area contributed by atoms with Crippen LogP contribution in [0, 0.1) is 0 Å². The molecule has 1 atom stereocenters. The van der Waals surface area contributed by atoms with E-state index in [1.807, 2.05) is 11.8 Å². The fourth-order valence-electron chi connectivity index (χ4n) is 1.50. The largest absolute Gasteiger partial charge is 0.467 e. The van der Waals surface area contributed by atoms with Gasteiger partial charge in [0.25, 0.3) is 0 Å². The number of rotatable bonds is 8. The summed E-state index contributed by atoms with van der Waals surface area (Å²) in [6, 6.07) is -0.656. The molecule has 0 fully saturated rings. The zero-order chi connectivity index (χ0) is 13.3. The number of aliphatic hydroxyl groups excluding tert-OH is 1. The monoisotopic (exact) mass is 246 g/mol. The normalized spacial score (nSPS) is 12.3. The summed E-state index contributed by atoms with van der Waals surface area (Å²) in [7, 11) is 1.29. The van der Waals surface area contributed by atoms with Crippen molar-refractivity contribution in [2.45, 2.75) is 26.3 Å². The maximum atomic E-state index is 11.5. The molecule has 0 saturated carbocycles. The molecule has 6 nitrogen and oxygen atoms in total. The number of hydrogen-bond acceptors (Lipinski definition) is 5. The number of hydrogen-bond donors (Lipinski definition) is 2. The second-order valence-electron chi connectivity index (χ2n) is 3.75. The number of carbonyl (C=O) groups is 2. The van der Waals surface area contributed by atoms with Gasteiger partial charge in [-0.1, -0.05) is 6.92 Å². The van der Waals surface area contributed by atoms with Gasteiger partial charge in [0, 0.05) is 26.6 Å². The number of nitrogens with zero attached hydrogens (tertiary/aromatic N) is 1. The van der Waals surface area contributed by atoms with E-state index in [9.17, 15) is 9.59 Å². The van der Waals surface area contributed by atoms with Crippen LogP contribution in [0.3, 0.4) is 0 Å². The third kappa shape index (κ3) is 6.91. The second kappa shape index (κ2) is 8.95. The standard InChI is InChI=1S/C11H22N2O4/c1-4-13(6-5-7-14)8-10(11(16)17-3)12-9(2)15/h10,14H,4-8H2,1-3H3,(H,12,15). The van der Waals surface area contributed by atoms with Crippen LogP contribution in [0.15, 0.2) is 0 Å². The van der Waals surface area contributed by atoms with Crippen LogP contribution in [0.1, 0.15) is 20.3 Å². The first-order valence-corrected chi connectivity index (χ1v) is 5.73. The lowest BCUT2D eigenvalue weighted by molar-refractivity contribution is -0.145. The molecule has 0 radical (unpaired) electrons. The fraction of sp³-hybridized carbons (Fsp3) is 0.818. The van der Waals surface area contributed by atoms with E-state index < -0.39 is 12.0 Å². The lowest BCUT2D eigenvalue weighted by Gasteiger charge is -2.25. The molecule has 0 saturated heterocycles. The van der Waals surface area contributed by atoms with Crippen molar-refractivity contribution in [3.8, 4) is 0 Å². The zero-order valence-electron chi connectivity index (χ0n) is 10.7. The van der Waals surface area contributed by atoms with E-state index in [4.69, 9.17) is 5.11 Å². The van der Waals surface area contributed by atoms with Gasteiger partial charge in [0.1, 0.15) is 6.04 Å². The molecule has 0 bridgehead atoms. The highest BCUT2D eigenvalue weighted by molar-refractivity contribution is 5.83. The molecule has 0 aliphatic rings. The molecule has 0 aromatic rings. The Labute approximate surface area is 102 Å². The van der Waals surface area contributed by atoms with Crippen LogP contribution in [0.4, 0.5) is 0 Å². The molecular weight excluding hydrogens is 224 g/mol. The van der Waals surface area contributed by atoms with Crippen molar-refractivity contribution in [1.29, 1.82) is 0 Å². The molecule has 0 spiro atoms. The number of carbonyl (C=O) groups excluding carboxylic acids is 2. The Morgan fingerprint density at radius 2 is 2.12 bits per heavy atom. The van der Waals surface area contributed by atoms with Crippen molar-refractivity contribution in [3.05, 3.63) is 0 Å². The molecule has 2 N–H and O–H groups in total. The third-order valence-electron chi connectivity index (χ3n) is 2.38. The Bertz CT molecular complexity index is 246. The van der Waals surface area contributed by atoms with Gasteiger partial charge in [0.2, 0.25) is 5.91 Å². The predicted molar refractivity (Wildman–Crippen MR) is 63.4 cm³/mol. The summed E-state index contributed by atoms with van der Waals surface area (Å²) < 4.78 is 4.63. The summed E-state index contributed by atoms with van der Waals surface area (Å²) in [5.41, 5.74) is 0. The number of esters is 1. The van der Waals surface area contributed by atoms with Crippen LogP contribution in [-0.2, 0) is 14.3 Å². The van der Waals surface area contributed by atoms with Gasteiger partial charge in [-0.2, -0.15) is 0 Å². The van der Waals surface area contributed by atoms with Gasteiger partial charge in [-0.3, -0.25) is 4.79 Å². The lowest BCUT2D eigenvalue weighted by Crippen LogP contribution is -2.48. The van der Waals surface area contributed by atoms with Crippen LogP contribution in [0.25, 0.3) is 0 Å². The minimum Gasteiger partial charge on any atom is -0.467 e. The Morgan fingerprint density at radius 3 is 2.53 bits per heavy atom. The first-order chi connectivity index (χ1) is 8.04. The lowest BCUT2D eigenvalue weighted by atomic mass is 10.2. The van der Waals surface area contributed by atoms with Crippen molar-refractivity contribution in [2.75, 3.05) is 33.4 Å². The summed E-state index contributed by atoms with van der Waals surface area (Å²) in [4.78, 5) is 24.4. The topological polar surface area (TPSA) is 78.9 Å². The molecule has 17 heavy (non-hydrogen) atoms. The molecule has 0 aliphatic heterocycles. The first kappa shape index (κ1) is 15.9. The van der Waals surface area contributed by atoms with Crippen molar-refractivity contribution in [1.82, 2.24) is 10.2 Å². The highest BCUT2D eigenvalue weighted by atomic mass is 16.5. The van der Waals surface area contributed by atoms with Crippen molar-refractivity contribution in [2.24, 2.45) is 0 Å². The molecule has 0 aliphatic carbocycles. The molecule has 1 amide bonds. The SMILES string of the molecule is CCN(CCCO)CC(NC(C)=O)C(=O)OC. The summed E-state index contributed by atoms with van der Waals surface area (Å²) in [5, 5.41) is 11.3. The number of aliphatic hydroxyl groups is 1. The van der Waals surface area contributed by atoms with Gasteiger partial charge in [0.15, 0.2) is 0 Å². The number of ether oxygens (including phenoxy) is 1. The minimum absolute atomic E-state index is 0.111. The van der Waals surface area contributed by atoms with Gasteiger partial charge < -0.3 is 20.1 Å². The van der Waals surface area contributed by atoms with Crippen molar-refractivity contribution >= 4 is 11.9 Å². The molecule has 0 aromatic heterocycles. The van der Waals surface area contributed by atoms with E-state index >= 15 is 0 Å². The summed E-state index contributed by atoms with van der Waals surface area (Å²) >= 11 is 0. The maximum absolute atomic E-state index is 11.5. The molecule has 1 unspecified atom stereocenters. The molecule has 0 heterocycles. The number of amides is 1. The van der Waals surface area contributed by atoms with Gasteiger partial charge in [-0.05, 0) is 13.0 Å². The predicted octanol–water partition coefficient (Wildman–Crippen LogP) is -0.632. The van der Waals surface area contributed by atoms with Gasteiger partial charge in [-0.25, -0.2) is 4.79 Å². The van der Waals surface area contributed by atoms with Gasteiger partial charge in [0.05, 0.1) is 7.11 Å². The van der Waals surface area contributed by atoms with Crippen LogP contribution in [0.5, 0.6) is 0 Å². The highest BCUT2D eigenvalue weighted by Gasteiger charge is 2.22. The quantitative estimate of drug-likeness (QED) is 0.557. The highest BCUT2D eigenvalue weighted by Crippen LogP contribution is 1.97. The zero-order valence-corrected chi connectivity index (χ0v) is 10.7. The Morgan fingerprint density at radius 1 is 1.47 bits per heavy atom. The van der Waals surface area contributed by atoms with E-state index in [2.05, 4.69) is 10.1 Å². The van der Waals surface area contributed by atoms with Crippen molar-refractivity contribution < 1.29 is 19.4 Å². The minimum atomic E-state index is -0.656. The fourth-order valence-corrected chi connectivity index (χ4v) is 1.50. The van der Waals surface area contributed by atoms with E-state index in [0.29, 0.717) is 19.5 Å². The molecule has 100 valence electrons. The van der Waals surface area contributed by atoms with E-state index in [1.165, 1.54) is 14.0 Å². The Kier molecular flexibility index (Phi) is 8.35.